The lowest BCUT2D eigenvalue weighted by Gasteiger charge is -2.31. The number of hydrogen-bond acceptors (Lipinski definition) is 18. The Hall–Kier alpha value is -10.5. The summed E-state index contributed by atoms with van der Waals surface area (Å²) in [6.45, 7) is 4.74. The number of para-hydroxylation sites is 1. The molecule has 0 saturated carbocycles. The summed E-state index contributed by atoms with van der Waals surface area (Å²) in [5, 5.41) is 53.0. The van der Waals surface area contributed by atoms with Crippen LogP contribution in [0, 0.1) is 11.8 Å². The summed E-state index contributed by atoms with van der Waals surface area (Å²) in [4.78, 5) is 199. The molecule has 13 amide bonds. The number of carboxylic acid groups (broad SMARTS) is 1. The van der Waals surface area contributed by atoms with Crippen molar-refractivity contribution in [3.8, 4) is 5.75 Å². The van der Waals surface area contributed by atoms with Gasteiger partial charge in [0.15, 0.2) is 0 Å². The highest BCUT2D eigenvalue weighted by Crippen LogP contribution is 2.22. The van der Waals surface area contributed by atoms with E-state index in [1.807, 2.05) is 0 Å². The lowest BCUT2D eigenvalue weighted by Crippen LogP contribution is -2.61. The summed E-state index contributed by atoms with van der Waals surface area (Å²) < 4.78 is 0. The van der Waals surface area contributed by atoms with Gasteiger partial charge in [-0.1, -0.05) is 58.0 Å². The van der Waals surface area contributed by atoms with Gasteiger partial charge in [0, 0.05) is 54.8 Å². The maximum absolute atomic E-state index is 14.8. The molecule has 34 nitrogen and oxygen atoms in total. The lowest BCUT2D eigenvalue weighted by molar-refractivity contribution is -0.144. The predicted molar refractivity (Wildman–Crippen MR) is 328 cm³/mol. The number of imidazole rings is 1. The molecule has 1 saturated heterocycles. The molecule has 93 heavy (non-hydrogen) atoms. The van der Waals surface area contributed by atoms with Crippen LogP contribution in [0.25, 0.3) is 10.9 Å². The number of carboxylic acids is 1. The van der Waals surface area contributed by atoms with Crippen molar-refractivity contribution >= 4 is 93.7 Å². The fourth-order valence-electron chi connectivity index (χ4n) is 10.2. The predicted octanol–water partition coefficient (Wildman–Crippen LogP) is -5.66. The fraction of sp³-hybridized carbons (Fsp3) is 0.475. The van der Waals surface area contributed by atoms with Crippen LogP contribution in [0.15, 0.2) is 67.3 Å². The molecule has 22 N–H and O–H groups in total. The zero-order valence-electron chi connectivity index (χ0n) is 51.5. The normalized spacial score (nSPS) is 15.7. The van der Waals surface area contributed by atoms with Gasteiger partial charge in [0.2, 0.25) is 76.8 Å². The largest absolute Gasteiger partial charge is 0.508 e. The van der Waals surface area contributed by atoms with Gasteiger partial charge in [-0.3, -0.25) is 62.3 Å². The van der Waals surface area contributed by atoms with Crippen LogP contribution in [-0.4, -0.2) is 198 Å². The Morgan fingerprint density at radius 2 is 1.12 bits per heavy atom. The maximum atomic E-state index is 14.8. The number of aliphatic hydroxyl groups is 1. The second-order valence-corrected chi connectivity index (χ2v) is 23.0. The number of carbonyl (C=O) groups excluding carboxylic acids is 13. The number of benzene rings is 2. The first-order valence-electron chi connectivity index (χ1n) is 29.7. The van der Waals surface area contributed by atoms with Gasteiger partial charge in [-0.15, -0.1) is 0 Å². The summed E-state index contributed by atoms with van der Waals surface area (Å²) in [5.74, 6) is -15.7. The number of aromatic amines is 2. The van der Waals surface area contributed by atoms with Crippen LogP contribution in [0.2, 0.25) is 0 Å². The fourth-order valence-corrected chi connectivity index (χ4v) is 10.2. The molecule has 2 aromatic carbocycles. The highest BCUT2D eigenvalue weighted by molar-refractivity contribution is 6.01. The SMILES string of the molecule is CC(C)C[C@H](NC(=O)[C@H](CC(N)=O)NC(=O)CN)C(=O)N[C@@H](Cc1ccc(O)cc1)C(=O)N[C@@H](CO)C(=O)N1CCC[C@H]1C(=O)N[C@@H](Cc1cnc[nH]1)C(=O)N[C@@H](Cc1c[nH]c2ccccc12)C(=O)N[C@@H](CC(N)=O)C(=O)N[C@H](C(=O)N[C@@H](CC(N)=O)C(=O)O)C(C)C. The zero-order chi connectivity index (χ0) is 68.8. The van der Waals surface area contributed by atoms with Gasteiger partial charge in [0.25, 0.3) is 0 Å². The van der Waals surface area contributed by atoms with E-state index in [-0.39, 0.29) is 56.7 Å². The maximum Gasteiger partial charge on any atom is 0.326 e. The van der Waals surface area contributed by atoms with Gasteiger partial charge in [-0.25, -0.2) is 9.78 Å². The standard InChI is InChI=1S/C59H81N17O17/c1-28(2)16-36(68-54(87)40(20-45(61)79)67-48(82)23-60)50(83)69-37(17-30-11-13-33(78)14-12-30)51(84)74-43(26-77)58(91)76-15-7-10-44(76)56(89)72-39(19-32-25-64-27-66-32)53(86)70-38(18-31-24-65-35-9-6-5-8-34(31)35)52(85)71-41(21-46(62)80)55(88)75-49(29(3)4)57(90)73-42(59(92)93)22-47(63)81/h5-6,8-9,11-14,24-25,27-29,36-44,49,65,77-78H,7,10,15-23,26,60H2,1-4H3,(H2,61,79)(H2,62,80)(H2,63,81)(H,64,66)(H,67,82)(H,68,87)(H,69,83)(H,70,86)(H,71,85)(H,72,89)(H,73,90)(H,74,84)(H,75,88)(H,92,93)/t36-,37-,38-,39-,40-,41-,42-,43-,44-,49-/m0/s1. The summed E-state index contributed by atoms with van der Waals surface area (Å²) in [6, 6.07) is -3.50. The van der Waals surface area contributed by atoms with E-state index in [0.717, 1.165) is 4.90 Å². The van der Waals surface area contributed by atoms with Gasteiger partial charge in [0.05, 0.1) is 38.7 Å². The van der Waals surface area contributed by atoms with Crippen molar-refractivity contribution in [3.63, 3.8) is 0 Å². The number of nitrogens with two attached hydrogens (primary N) is 4. The Labute approximate surface area is 532 Å². The number of H-pyrrole nitrogens is 2. The number of nitrogens with zero attached hydrogens (tertiary/aromatic N) is 2. The minimum absolute atomic E-state index is 0.00249. The third-order valence-corrected chi connectivity index (χ3v) is 14.9. The number of nitrogens with one attached hydrogen (secondary N) is 11. The monoisotopic (exact) mass is 1300 g/mol. The van der Waals surface area contributed by atoms with E-state index in [1.54, 1.807) is 44.3 Å². The third-order valence-electron chi connectivity index (χ3n) is 14.9. The zero-order valence-corrected chi connectivity index (χ0v) is 51.5. The molecule has 0 radical (unpaired) electrons. The number of aliphatic hydroxyl groups excluding tert-OH is 1. The number of carbonyl (C=O) groups is 14. The van der Waals surface area contributed by atoms with E-state index in [9.17, 15) is 82.4 Å². The second-order valence-electron chi connectivity index (χ2n) is 23.0. The van der Waals surface area contributed by atoms with Gasteiger partial charge in [-0.2, -0.15) is 0 Å². The molecule has 34 heteroatoms. The van der Waals surface area contributed by atoms with E-state index in [1.165, 1.54) is 50.6 Å². The Bertz CT molecular complexity index is 3360. The van der Waals surface area contributed by atoms with Crippen LogP contribution >= 0.6 is 0 Å². The number of amides is 13. The summed E-state index contributed by atoms with van der Waals surface area (Å²) >= 11 is 0. The van der Waals surface area contributed by atoms with E-state index >= 15 is 0 Å². The molecule has 0 spiro atoms. The van der Waals surface area contributed by atoms with Crippen LogP contribution < -0.4 is 70.8 Å². The first-order valence-corrected chi connectivity index (χ1v) is 29.7. The number of aliphatic carboxylic acids is 1. The number of fused-ring (bicyclic) bond motifs is 1. The van der Waals surface area contributed by atoms with E-state index < -0.39 is 182 Å². The molecule has 10 atom stereocenters. The van der Waals surface area contributed by atoms with E-state index in [2.05, 4.69) is 62.8 Å². The highest BCUT2D eigenvalue weighted by Gasteiger charge is 2.41. The van der Waals surface area contributed by atoms with Crippen molar-refractivity contribution in [1.29, 1.82) is 0 Å². The van der Waals surface area contributed by atoms with Crippen molar-refractivity contribution in [2.75, 3.05) is 19.7 Å². The molecule has 0 aliphatic carbocycles. The Morgan fingerprint density at radius 3 is 1.68 bits per heavy atom. The molecule has 0 bridgehead atoms. The topological polar surface area (TPSA) is 560 Å². The van der Waals surface area contributed by atoms with Crippen LogP contribution in [0.1, 0.15) is 83.0 Å². The lowest BCUT2D eigenvalue weighted by atomic mass is 10.00. The molecule has 0 unspecified atom stereocenters. The molecule has 5 rings (SSSR count). The van der Waals surface area contributed by atoms with Crippen LogP contribution in [0.5, 0.6) is 5.75 Å². The molecule has 504 valence electrons. The number of phenols is 1. The number of likely N-dealkylation sites (tertiary alicyclic amines) is 1. The smallest absolute Gasteiger partial charge is 0.326 e. The first-order chi connectivity index (χ1) is 44.0. The molecule has 1 aliphatic heterocycles. The molecular formula is C59H81N17O17. The minimum Gasteiger partial charge on any atom is -0.508 e. The van der Waals surface area contributed by atoms with Crippen LogP contribution in [0.3, 0.4) is 0 Å². The van der Waals surface area contributed by atoms with Crippen LogP contribution in [-0.2, 0) is 86.4 Å². The number of primary amides is 3. The van der Waals surface area contributed by atoms with Gasteiger partial charge in [-0.05, 0) is 60.4 Å². The Morgan fingerprint density at radius 1 is 0.602 bits per heavy atom. The Balaban J connectivity index is 1.40. The Kier molecular flexibility index (Phi) is 27.3. The van der Waals surface area contributed by atoms with Gasteiger partial charge in [0.1, 0.15) is 66.2 Å². The number of rotatable bonds is 36. The molecule has 1 aliphatic rings. The first kappa shape index (κ1) is 73.2. The minimum atomic E-state index is -1.83. The number of phenolic OH excluding ortho intramolecular Hbond substituents is 1. The van der Waals surface area contributed by atoms with Gasteiger partial charge < -0.3 is 101 Å². The summed E-state index contributed by atoms with van der Waals surface area (Å²) in [5.41, 5.74) is 23.2. The molecule has 3 heterocycles. The quantitative estimate of drug-likeness (QED) is 0.0202. The number of aromatic hydroxyl groups is 1. The summed E-state index contributed by atoms with van der Waals surface area (Å²) in [6.07, 6.45) is 1.19. The third kappa shape index (κ3) is 22.1. The van der Waals surface area contributed by atoms with Crippen LogP contribution in [0.4, 0.5) is 0 Å². The van der Waals surface area contributed by atoms with Crippen molar-refractivity contribution in [1.82, 2.24) is 67.7 Å². The number of hydrogen-bond donors (Lipinski definition) is 18. The van der Waals surface area contributed by atoms with Crippen molar-refractivity contribution in [3.05, 3.63) is 84.1 Å². The average molecular weight is 1300 g/mol. The highest BCUT2D eigenvalue weighted by atomic mass is 16.4. The summed E-state index contributed by atoms with van der Waals surface area (Å²) in [7, 11) is 0. The van der Waals surface area contributed by atoms with Gasteiger partial charge >= 0.3 is 5.97 Å². The van der Waals surface area contributed by atoms with Crippen molar-refractivity contribution in [2.24, 2.45) is 34.8 Å². The van der Waals surface area contributed by atoms with Crippen molar-refractivity contribution in [2.45, 2.75) is 146 Å². The van der Waals surface area contributed by atoms with Crippen molar-refractivity contribution < 1.29 is 82.4 Å². The van der Waals surface area contributed by atoms with E-state index in [0.29, 0.717) is 27.7 Å². The molecular weight excluding hydrogens is 1220 g/mol. The van der Waals surface area contributed by atoms with E-state index in [4.69, 9.17) is 22.9 Å². The number of aromatic nitrogens is 3. The molecule has 4 aromatic rings. The molecule has 1 fully saturated rings. The second kappa shape index (κ2) is 34.6. The molecule has 2 aromatic heterocycles. The average Bonchev–Trinajstić information content (AvgIpc) is 1.78.